The van der Waals surface area contributed by atoms with Crippen LogP contribution >= 0.6 is 23.5 Å². The number of nitrogens with one attached hydrogen (secondary N) is 2. The number of carboxylic acid groups (broad SMARTS) is 1. The first-order chi connectivity index (χ1) is 8.63. The Morgan fingerprint density at radius 2 is 2.39 bits per heavy atom. The van der Waals surface area contributed by atoms with E-state index in [1.54, 1.807) is 11.8 Å². The van der Waals surface area contributed by atoms with Crippen molar-refractivity contribution in [3.63, 3.8) is 0 Å². The highest BCUT2D eigenvalue weighted by Gasteiger charge is 2.22. The highest BCUT2D eigenvalue weighted by molar-refractivity contribution is 7.99. The molecule has 104 valence electrons. The number of hydrogen-bond donors (Lipinski definition) is 3. The number of rotatable bonds is 7. The largest absolute Gasteiger partial charge is 0.480 e. The summed E-state index contributed by atoms with van der Waals surface area (Å²) in [7, 11) is 0. The maximum atomic E-state index is 11.8. The van der Waals surface area contributed by atoms with Gasteiger partial charge in [0.2, 0.25) is 5.91 Å². The van der Waals surface area contributed by atoms with Gasteiger partial charge in [0.1, 0.15) is 6.04 Å². The summed E-state index contributed by atoms with van der Waals surface area (Å²) in [6, 6.07) is -0.597. The minimum atomic E-state index is -0.955. The summed E-state index contributed by atoms with van der Waals surface area (Å²) < 4.78 is 0. The van der Waals surface area contributed by atoms with Gasteiger partial charge in [-0.1, -0.05) is 0 Å². The lowest BCUT2D eigenvalue weighted by Crippen LogP contribution is -2.46. The fourth-order valence-electron chi connectivity index (χ4n) is 1.72. The highest BCUT2D eigenvalue weighted by Crippen LogP contribution is 2.10. The van der Waals surface area contributed by atoms with Crippen LogP contribution in [0.4, 0.5) is 0 Å². The van der Waals surface area contributed by atoms with Gasteiger partial charge < -0.3 is 15.7 Å². The first-order valence-corrected chi connectivity index (χ1v) is 8.50. The second kappa shape index (κ2) is 8.66. The van der Waals surface area contributed by atoms with Crippen LogP contribution in [0.15, 0.2) is 0 Å². The fourth-order valence-corrected chi connectivity index (χ4v) is 3.14. The van der Waals surface area contributed by atoms with Gasteiger partial charge in [-0.2, -0.15) is 23.5 Å². The van der Waals surface area contributed by atoms with E-state index in [1.807, 2.05) is 18.0 Å². The summed E-state index contributed by atoms with van der Waals surface area (Å²) in [6.45, 7) is 0.914. The number of carbonyl (C=O) groups is 2. The molecule has 1 aliphatic heterocycles. The van der Waals surface area contributed by atoms with Crippen LogP contribution in [0.5, 0.6) is 0 Å². The number of carboxylic acids is 1. The van der Waals surface area contributed by atoms with E-state index >= 15 is 0 Å². The Labute approximate surface area is 116 Å². The SMILES string of the molecule is CSCC[C@H](NC(=O)CC1CSCCN1)C(=O)O. The lowest BCUT2D eigenvalue weighted by atomic mass is 10.2. The molecule has 3 N–H and O–H groups in total. The van der Waals surface area contributed by atoms with Crippen LogP contribution in [-0.4, -0.2) is 59.1 Å². The maximum Gasteiger partial charge on any atom is 0.326 e. The molecule has 1 fully saturated rings. The molecule has 0 aromatic heterocycles. The number of aliphatic carboxylic acids is 1. The van der Waals surface area contributed by atoms with E-state index in [-0.39, 0.29) is 11.9 Å². The molecule has 5 nitrogen and oxygen atoms in total. The molecule has 0 spiro atoms. The van der Waals surface area contributed by atoms with Gasteiger partial charge in [0.15, 0.2) is 0 Å². The van der Waals surface area contributed by atoms with Crippen LogP contribution in [0.3, 0.4) is 0 Å². The molecular formula is C11H20N2O3S2. The van der Waals surface area contributed by atoms with Crippen molar-refractivity contribution in [3.05, 3.63) is 0 Å². The molecule has 1 heterocycles. The van der Waals surface area contributed by atoms with Crippen molar-refractivity contribution in [3.8, 4) is 0 Å². The second-order valence-electron chi connectivity index (χ2n) is 4.17. The summed E-state index contributed by atoms with van der Waals surface area (Å²) in [5.74, 6) is 1.58. The standard InChI is InChI=1S/C11H20N2O3S2/c1-17-4-2-9(11(15)16)13-10(14)6-8-7-18-5-3-12-8/h8-9,12H,2-7H2,1H3,(H,13,14)(H,15,16)/t8?,9-/m0/s1. The van der Waals surface area contributed by atoms with Crippen LogP contribution in [0.1, 0.15) is 12.8 Å². The van der Waals surface area contributed by atoms with Gasteiger partial charge in [-0.3, -0.25) is 4.79 Å². The molecule has 0 saturated carbocycles. The van der Waals surface area contributed by atoms with E-state index < -0.39 is 12.0 Å². The predicted octanol–water partition coefficient (Wildman–Crippen LogP) is 0.404. The molecule has 1 saturated heterocycles. The molecule has 18 heavy (non-hydrogen) atoms. The van der Waals surface area contributed by atoms with Gasteiger partial charge in [0.25, 0.3) is 0 Å². The van der Waals surface area contributed by atoms with E-state index in [2.05, 4.69) is 10.6 Å². The number of thioether (sulfide) groups is 2. The zero-order valence-electron chi connectivity index (χ0n) is 10.5. The van der Waals surface area contributed by atoms with Crippen molar-refractivity contribution >= 4 is 35.4 Å². The van der Waals surface area contributed by atoms with E-state index in [4.69, 9.17) is 5.11 Å². The van der Waals surface area contributed by atoms with Crippen molar-refractivity contribution < 1.29 is 14.7 Å². The zero-order valence-corrected chi connectivity index (χ0v) is 12.1. The summed E-state index contributed by atoms with van der Waals surface area (Å²) in [5.41, 5.74) is 0. The topological polar surface area (TPSA) is 78.4 Å². The molecule has 1 amide bonds. The normalized spacial score (nSPS) is 21.3. The quantitative estimate of drug-likeness (QED) is 0.630. The van der Waals surface area contributed by atoms with Crippen molar-refractivity contribution in [2.75, 3.05) is 30.1 Å². The third kappa shape index (κ3) is 5.97. The van der Waals surface area contributed by atoms with Crippen LogP contribution < -0.4 is 10.6 Å². The molecule has 1 rings (SSSR count). The molecular weight excluding hydrogens is 272 g/mol. The third-order valence-electron chi connectivity index (χ3n) is 2.67. The Hall–Kier alpha value is -0.400. The minimum Gasteiger partial charge on any atom is -0.480 e. The van der Waals surface area contributed by atoms with Crippen LogP contribution in [0, 0.1) is 0 Å². The average Bonchev–Trinajstić information content (AvgIpc) is 2.35. The summed E-state index contributed by atoms with van der Waals surface area (Å²) >= 11 is 3.40. The Bertz CT molecular complexity index is 283. The zero-order chi connectivity index (χ0) is 13.4. The summed E-state index contributed by atoms with van der Waals surface area (Å²) in [4.78, 5) is 22.7. The fraction of sp³-hybridized carbons (Fsp3) is 0.818. The predicted molar refractivity (Wildman–Crippen MR) is 76.3 cm³/mol. The van der Waals surface area contributed by atoms with Gasteiger partial charge in [-0.15, -0.1) is 0 Å². The first kappa shape index (κ1) is 15.7. The van der Waals surface area contributed by atoms with Gasteiger partial charge in [0, 0.05) is 30.5 Å². The number of carbonyl (C=O) groups excluding carboxylic acids is 1. The molecule has 0 radical (unpaired) electrons. The first-order valence-electron chi connectivity index (χ1n) is 5.95. The van der Waals surface area contributed by atoms with E-state index in [9.17, 15) is 9.59 Å². The van der Waals surface area contributed by atoms with E-state index in [0.717, 1.165) is 23.8 Å². The average molecular weight is 292 g/mol. The second-order valence-corrected chi connectivity index (χ2v) is 6.31. The lowest BCUT2D eigenvalue weighted by Gasteiger charge is -2.23. The molecule has 1 unspecified atom stereocenters. The monoisotopic (exact) mass is 292 g/mol. The molecule has 0 aliphatic carbocycles. The van der Waals surface area contributed by atoms with Crippen LogP contribution in [-0.2, 0) is 9.59 Å². The summed E-state index contributed by atoms with van der Waals surface area (Å²) in [6.07, 6.45) is 2.75. The molecule has 0 aromatic rings. The van der Waals surface area contributed by atoms with E-state index in [1.165, 1.54) is 0 Å². The van der Waals surface area contributed by atoms with Crippen LogP contribution in [0.2, 0.25) is 0 Å². The van der Waals surface area contributed by atoms with E-state index in [0.29, 0.717) is 12.8 Å². The Morgan fingerprint density at radius 1 is 1.61 bits per heavy atom. The molecule has 7 heteroatoms. The summed E-state index contributed by atoms with van der Waals surface area (Å²) in [5, 5.41) is 14.9. The molecule has 2 atom stereocenters. The van der Waals surface area contributed by atoms with Crippen molar-refractivity contribution in [2.45, 2.75) is 24.9 Å². The molecule has 1 aliphatic rings. The maximum absolute atomic E-state index is 11.8. The minimum absolute atomic E-state index is 0.166. The van der Waals surface area contributed by atoms with Gasteiger partial charge in [-0.25, -0.2) is 4.79 Å². The highest BCUT2D eigenvalue weighted by atomic mass is 32.2. The number of amides is 1. The van der Waals surface area contributed by atoms with Crippen molar-refractivity contribution in [1.29, 1.82) is 0 Å². The van der Waals surface area contributed by atoms with Gasteiger partial charge in [0.05, 0.1) is 0 Å². The smallest absolute Gasteiger partial charge is 0.326 e. The van der Waals surface area contributed by atoms with Crippen LogP contribution in [0.25, 0.3) is 0 Å². The van der Waals surface area contributed by atoms with Gasteiger partial charge >= 0.3 is 5.97 Å². The number of hydrogen-bond acceptors (Lipinski definition) is 5. The molecule has 0 bridgehead atoms. The van der Waals surface area contributed by atoms with Crippen molar-refractivity contribution in [2.24, 2.45) is 0 Å². The Kier molecular flexibility index (Phi) is 7.53. The van der Waals surface area contributed by atoms with Crippen molar-refractivity contribution in [1.82, 2.24) is 10.6 Å². The lowest BCUT2D eigenvalue weighted by molar-refractivity contribution is -0.141. The molecule has 0 aromatic carbocycles. The Balaban J connectivity index is 2.32. The third-order valence-corrected chi connectivity index (χ3v) is 4.45. The Morgan fingerprint density at radius 3 is 2.94 bits per heavy atom. The van der Waals surface area contributed by atoms with Gasteiger partial charge in [-0.05, 0) is 18.4 Å².